The molecule has 0 radical (unpaired) electrons. The first-order valence-corrected chi connectivity index (χ1v) is 10.4. The first kappa shape index (κ1) is 21.5. The lowest BCUT2D eigenvalue weighted by Gasteiger charge is -2.40. The second kappa shape index (κ2) is 9.60. The Kier molecular flexibility index (Phi) is 6.45. The Balaban J connectivity index is 1.51. The van der Waals surface area contributed by atoms with Crippen LogP contribution in [0.1, 0.15) is 19.8 Å². The minimum atomic E-state index is -0.504. The van der Waals surface area contributed by atoms with Gasteiger partial charge < -0.3 is 14.0 Å². The predicted octanol–water partition coefficient (Wildman–Crippen LogP) is 2.23. The van der Waals surface area contributed by atoms with Crippen molar-refractivity contribution < 1.29 is 19.2 Å². The van der Waals surface area contributed by atoms with E-state index in [9.17, 15) is 14.9 Å². The lowest BCUT2D eigenvalue weighted by atomic mass is 9.98. The largest absolute Gasteiger partial charge is 0.466 e. The quantitative estimate of drug-likeness (QED) is 0.366. The summed E-state index contributed by atoms with van der Waals surface area (Å²) in [7, 11) is 0. The number of hydrogen-bond acceptors (Lipinski definition) is 9. The zero-order valence-electron chi connectivity index (χ0n) is 17.7. The number of piperidine rings is 1. The number of nitrogens with zero attached hydrogens (tertiary/aromatic N) is 6. The normalized spacial score (nSPS) is 17.5. The van der Waals surface area contributed by atoms with Gasteiger partial charge in [-0.15, -0.1) is 0 Å². The molecular weight excluding hydrogens is 416 g/mol. The van der Waals surface area contributed by atoms with Crippen molar-refractivity contribution in [2.45, 2.75) is 19.8 Å². The van der Waals surface area contributed by atoms with Crippen molar-refractivity contribution in [1.29, 1.82) is 0 Å². The van der Waals surface area contributed by atoms with Crippen molar-refractivity contribution in [2.24, 2.45) is 10.9 Å². The third kappa shape index (κ3) is 4.62. The number of aliphatic imine (C=N–C) groups is 1. The van der Waals surface area contributed by atoms with Gasteiger partial charge in [-0.25, -0.2) is 15.0 Å². The third-order valence-corrected chi connectivity index (χ3v) is 5.37. The molecule has 1 saturated heterocycles. The smallest absolute Gasteiger partial charge is 0.348 e. The highest BCUT2D eigenvalue weighted by molar-refractivity contribution is 5.76. The minimum Gasteiger partial charge on any atom is -0.466 e. The first-order chi connectivity index (χ1) is 15.6. The van der Waals surface area contributed by atoms with E-state index >= 15 is 0 Å². The lowest BCUT2D eigenvalue weighted by Crippen LogP contribution is -2.50. The molecule has 0 aliphatic carbocycles. The second-order valence-electron chi connectivity index (χ2n) is 7.35. The maximum absolute atomic E-state index is 12.0. The Morgan fingerprint density at radius 2 is 2.00 bits per heavy atom. The molecule has 0 spiro atoms. The fraction of sp³-hybridized carbons (Fsp3) is 0.381. The molecule has 11 nitrogen and oxygen atoms in total. The van der Waals surface area contributed by atoms with Crippen molar-refractivity contribution in [3.8, 4) is 11.4 Å². The van der Waals surface area contributed by atoms with Gasteiger partial charge in [-0.3, -0.25) is 19.9 Å². The van der Waals surface area contributed by atoms with E-state index in [0.717, 1.165) is 5.69 Å². The van der Waals surface area contributed by atoms with Crippen molar-refractivity contribution in [1.82, 2.24) is 19.6 Å². The van der Waals surface area contributed by atoms with Gasteiger partial charge >= 0.3 is 11.7 Å². The zero-order chi connectivity index (χ0) is 22.5. The van der Waals surface area contributed by atoms with Crippen molar-refractivity contribution in [3.63, 3.8) is 0 Å². The Morgan fingerprint density at radius 3 is 2.62 bits per heavy atom. The molecule has 2 aliphatic heterocycles. The summed E-state index contributed by atoms with van der Waals surface area (Å²) in [6.45, 7) is 3.41. The number of hydrazine groups is 1. The molecule has 2 aliphatic rings. The third-order valence-electron chi connectivity index (χ3n) is 5.37. The molecule has 11 heteroatoms. The highest BCUT2D eigenvalue weighted by atomic mass is 16.6. The van der Waals surface area contributed by atoms with Gasteiger partial charge in [0.2, 0.25) is 0 Å². The lowest BCUT2D eigenvalue weighted by molar-refractivity contribution is -0.419. The number of carbonyl (C=O) groups excluding carboxylic acids is 1. The van der Waals surface area contributed by atoms with Crippen LogP contribution in [-0.4, -0.2) is 63.0 Å². The van der Waals surface area contributed by atoms with Gasteiger partial charge in [0.15, 0.2) is 0 Å². The number of benzene rings is 1. The zero-order valence-corrected chi connectivity index (χ0v) is 17.7. The molecular formula is C21H24N6O5. The van der Waals surface area contributed by atoms with Crippen LogP contribution in [0, 0.1) is 16.0 Å². The van der Waals surface area contributed by atoms with E-state index in [-0.39, 0.29) is 30.1 Å². The SMILES string of the molecule is CCOC(=O)C1CCN(N2CN=CC([N+](=O)[O-])=C2Oc2ccc(-n3ccnc3)cc2)CC1. The van der Waals surface area contributed by atoms with Crippen molar-refractivity contribution >= 4 is 12.2 Å². The van der Waals surface area contributed by atoms with Crippen LogP contribution < -0.4 is 4.74 Å². The van der Waals surface area contributed by atoms with Crippen LogP contribution in [0.3, 0.4) is 0 Å². The van der Waals surface area contributed by atoms with Gasteiger partial charge in [0.25, 0.3) is 5.88 Å². The molecule has 1 aromatic heterocycles. The average Bonchev–Trinajstić information content (AvgIpc) is 3.35. The highest BCUT2D eigenvalue weighted by Crippen LogP contribution is 2.27. The molecule has 168 valence electrons. The van der Waals surface area contributed by atoms with Crippen LogP contribution in [0.15, 0.2) is 59.6 Å². The predicted molar refractivity (Wildman–Crippen MR) is 114 cm³/mol. The first-order valence-electron chi connectivity index (χ1n) is 10.4. The molecule has 2 aromatic rings. The molecule has 32 heavy (non-hydrogen) atoms. The van der Waals surface area contributed by atoms with E-state index in [4.69, 9.17) is 9.47 Å². The molecule has 0 N–H and O–H groups in total. The second-order valence-corrected chi connectivity index (χ2v) is 7.35. The summed E-state index contributed by atoms with van der Waals surface area (Å²) in [6.07, 6.45) is 7.60. The number of esters is 1. The summed E-state index contributed by atoms with van der Waals surface area (Å²) < 4.78 is 13.0. The van der Waals surface area contributed by atoms with Gasteiger partial charge in [-0.05, 0) is 44.0 Å². The van der Waals surface area contributed by atoms with Crippen LogP contribution in [-0.2, 0) is 9.53 Å². The van der Waals surface area contributed by atoms with E-state index in [0.29, 0.717) is 38.3 Å². The number of aromatic nitrogens is 2. The molecule has 0 atom stereocenters. The van der Waals surface area contributed by atoms with Crippen molar-refractivity contribution in [3.05, 3.63) is 64.7 Å². The monoisotopic (exact) mass is 440 g/mol. The summed E-state index contributed by atoms with van der Waals surface area (Å²) in [5.41, 5.74) is 0.670. The van der Waals surface area contributed by atoms with Gasteiger partial charge in [0.1, 0.15) is 18.6 Å². The molecule has 0 saturated carbocycles. The summed E-state index contributed by atoms with van der Waals surface area (Å²) in [5.74, 6) is 0.207. The molecule has 0 bridgehead atoms. The number of ether oxygens (including phenoxy) is 2. The Labute approximate surface area is 184 Å². The maximum Gasteiger partial charge on any atom is 0.348 e. The number of rotatable bonds is 7. The van der Waals surface area contributed by atoms with Crippen LogP contribution in [0.4, 0.5) is 0 Å². The fourth-order valence-corrected chi connectivity index (χ4v) is 3.72. The topological polar surface area (TPSA) is 115 Å². The number of carbonyl (C=O) groups is 1. The number of imidazole rings is 1. The molecule has 4 rings (SSSR count). The fourth-order valence-electron chi connectivity index (χ4n) is 3.72. The molecule has 1 aromatic carbocycles. The van der Waals surface area contributed by atoms with E-state index in [1.54, 1.807) is 36.6 Å². The molecule has 0 amide bonds. The van der Waals surface area contributed by atoms with Crippen LogP contribution in [0.25, 0.3) is 5.69 Å². The summed E-state index contributed by atoms with van der Waals surface area (Å²) in [4.78, 5) is 31.4. The van der Waals surface area contributed by atoms with Gasteiger partial charge in [-0.2, -0.15) is 0 Å². The minimum absolute atomic E-state index is 0.106. The number of hydrogen-bond donors (Lipinski definition) is 0. The van der Waals surface area contributed by atoms with Crippen LogP contribution >= 0.6 is 0 Å². The summed E-state index contributed by atoms with van der Waals surface area (Å²) in [6, 6.07) is 7.18. The van der Waals surface area contributed by atoms with Crippen LogP contribution in [0.2, 0.25) is 0 Å². The summed E-state index contributed by atoms with van der Waals surface area (Å²) >= 11 is 0. The molecule has 1 fully saturated rings. The van der Waals surface area contributed by atoms with Gasteiger partial charge in [-0.1, -0.05) is 0 Å². The van der Waals surface area contributed by atoms with E-state index < -0.39 is 4.92 Å². The Bertz CT molecular complexity index is 1010. The summed E-state index contributed by atoms with van der Waals surface area (Å²) in [5, 5.41) is 15.3. The van der Waals surface area contributed by atoms with Crippen LogP contribution in [0.5, 0.6) is 5.75 Å². The van der Waals surface area contributed by atoms with E-state index in [2.05, 4.69) is 9.98 Å². The average molecular weight is 440 g/mol. The molecule has 0 unspecified atom stereocenters. The Morgan fingerprint density at radius 1 is 1.25 bits per heavy atom. The Hall–Kier alpha value is -3.73. The van der Waals surface area contributed by atoms with E-state index in [1.165, 1.54) is 6.21 Å². The van der Waals surface area contributed by atoms with Crippen molar-refractivity contribution in [2.75, 3.05) is 26.4 Å². The highest BCUT2D eigenvalue weighted by Gasteiger charge is 2.35. The van der Waals surface area contributed by atoms with E-state index in [1.807, 2.05) is 27.9 Å². The number of nitro groups is 1. The number of allylic oxidation sites excluding steroid dienone is 1. The standard InChI is InChI=1S/C21H24N6O5/c1-2-31-21(28)16-7-10-25(11-8-16)26-15-23-13-19(27(29)30)20(26)32-18-5-3-17(4-6-18)24-12-9-22-14-24/h3-6,9,12-14,16H,2,7-8,10-11,15H2,1H3. The maximum atomic E-state index is 12.0. The van der Waals surface area contributed by atoms with Gasteiger partial charge in [0.05, 0.1) is 23.8 Å². The molecule has 3 heterocycles. The van der Waals surface area contributed by atoms with Gasteiger partial charge in [0, 0.05) is 31.2 Å².